The lowest BCUT2D eigenvalue weighted by Gasteiger charge is -2.29. The minimum Gasteiger partial charge on any atom is -0.507 e. The second-order valence-corrected chi connectivity index (χ2v) is 7.46. The van der Waals surface area contributed by atoms with Gasteiger partial charge in [-0.05, 0) is 31.0 Å². The largest absolute Gasteiger partial charge is 0.507 e. The summed E-state index contributed by atoms with van der Waals surface area (Å²) < 4.78 is 5.53. The number of benzene rings is 1. The van der Waals surface area contributed by atoms with Crippen LogP contribution in [0.4, 0.5) is 5.82 Å². The van der Waals surface area contributed by atoms with E-state index in [2.05, 4.69) is 20.5 Å². The number of hydrogen-bond acceptors (Lipinski definition) is 7. The first-order valence-corrected chi connectivity index (χ1v) is 9.75. The van der Waals surface area contributed by atoms with Crippen LogP contribution in [-0.2, 0) is 6.42 Å². The van der Waals surface area contributed by atoms with Gasteiger partial charge in [-0.1, -0.05) is 12.8 Å². The number of nitrogens with zero attached hydrogens (tertiary/aromatic N) is 3. The number of fused-ring (bicyclic) bond motifs is 2. The van der Waals surface area contributed by atoms with Crippen molar-refractivity contribution in [1.29, 1.82) is 0 Å². The quantitative estimate of drug-likeness (QED) is 0.644. The van der Waals surface area contributed by atoms with Gasteiger partial charge in [-0.15, -0.1) is 10.2 Å². The highest BCUT2D eigenvalue weighted by molar-refractivity contribution is 6.00. The van der Waals surface area contributed by atoms with E-state index in [0.29, 0.717) is 30.1 Å². The summed E-state index contributed by atoms with van der Waals surface area (Å²) in [7, 11) is 0. The molecule has 0 amide bonds. The fraction of sp³-hybridized carbons (Fsp3) is 0.381. The molecule has 5 rings (SSSR count). The van der Waals surface area contributed by atoms with Crippen LogP contribution in [0.15, 0.2) is 30.6 Å². The highest BCUT2D eigenvalue weighted by atomic mass is 16.5. The molecule has 1 aliphatic heterocycles. The topological polar surface area (TPSA) is 100 Å². The molecule has 2 aliphatic rings. The average Bonchev–Trinajstić information content (AvgIpc) is 3.20. The molecule has 0 bridgehead atoms. The summed E-state index contributed by atoms with van der Waals surface area (Å²) in [5.41, 5.74) is 2.06. The van der Waals surface area contributed by atoms with E-state index in [9.17, 15) is 10.2 Å². The van der Waals surface area contributed by atoms with Crippen LogP contribution < -0.4 is 10.1 Å². The van der Waals surface area contributed by atoms with Crippen LogP contribution in [0.5, 0.6) is 11.5 Å². The van der Waals surface area contributed by atoms with Gasteiger partial charge in [0.2, 0.25) is 0 Å². The number of phenols is 1. The molecule has 28 heavy (non-hydrogen) atoms. The fourth-order valence-electron chi connectivity index (χ4n) is 4.21. The molecule has 2 aromatic heterocycles. The van der Waals surface area contributed by atoms with E-state index < -0.39 is 0 Å². The van der Waals surface area contributed by atoms with Crippen molar-refractivity contribution < 1.29 is 14.9 Å². The van der Waals surface area contributed by atoms with Crippen molar-refractivity contribution in [2.45, 2.75) is 44.2 Å². The molecule has 1 saturated carbocycles. The van der Waals surface area contributed by atoms with E-state index in [1.165, 1.54) is 0 Å². The Hall–Kier alpha value is -2.93. The molecule has 0 radical (unpaired) electrons. The molecule has 1 aromatic carbocycles. The van der Waals surface area contributed by atoms with E-state index in [0.717, 1.165) is 47.8 Å². The predicted octanol–water partition coefficient (Wildman–Crippen LogP) is 3.05. The molecule has 3 aromatic rings. The van der Waals surface area contributed by atoms with Crippen LogP contribution in [0.2, 0.25) is 0 Å². The standard InChI is InChI=1S/C21H22N4O3/c26-17-4-2-1-3-16(17)23-21-15-11-22-9-7-12(15)19(24-25-21)14-5-6-18-13(20(14)27)8-10-28-18/h5-7,9,11,16-17,26-27H,1-4,8,10H2,(H,23,25)/t16-,17-/m0/s1. The SMILES string of the molecule is Oc1c(-c2nnc(N[C@H]3CCCC[C@@H]3O)c3cnccc23)ccc2c1CCO2. The monoisotopic (exact) mass is 378 g/mol. The van der Waals surface area contributed by atoms with Crippen LogP contribution >= 0.6 is 0 Å². The third kappa shape index (κ3) is 2.82. The Kier molecular flexibility index (Phi) is 4.24. The van der Waals surface area contributed by atoms with Crippen molar-refractivity contribution in [2.24, 2.45) is 0 Å². The zero-order chi connectivity index (χ0) is 19.1. The summed E-state index contributed by atoms with van der Waals surface area (Å²) in [5.74, 6) is 1.54. The summed E-state index contributed by atoms with van der Waals surface area (Å²) >= 11 is 0. The zero-order valence-electron chi connectivity index (χ0n) is 15.4. The van der Waals surface area contributed by atoms with Crippen molar-refractivity contribution >= 4 is 16.6 Å². The van der Waals surface area contributed by atoms with E-state index in [4.69, 9.17) is 4.74 Å². The molecule has 3 heterocycles. The van der Waals surface area contributed by atoms with E-state index in [1.807, 2.05) is 18.2 Å². The minimum atomic E-state index is -0.386. The Labute approximate surface area is 162 Å². The van der Waals surface area contributed by atoms with Crippen molar-refractivity contribution in [2.75, 3.05) is 11.9 Å². The maximum Gasteiger partial charge on any atom is 0.158 e. The molecule has 144 valence electrons. The highest BCUT2D eigenvalue weighted by Gasteiger charge is 2.25. The number of nitrogens with one attached hydrogen (secondary N) is 1. The van der Waals surface area contributed by atoms with Gasteiger partial charge in [-0.3, -0.25) is 4.98 Å². The van der Waals surface area contributed by atoms with Crippen LogP contribution in [0.25, 0.3) is 22.0 Å². The molecule has 1 fully saturated rings. The molecular formula is C21H22N4O3. The molecule has 7 nitrogen and oxygen atoms in total. The van der Waals surface area contributed by atoms with Crippen LogP contribution in [0.1, 0.15) is 31.2 Å². The van der Waals surface area contributed by atoms with Crippen LogP contribution in [0, 0.1) is 0 Å². The first-order chi connectivity index (χ1) is 13.7. The number of hydrogen-bond donors (Lipinski definition) is 3. The highest BCUT2D eigenvalue weighted by Crippen LogP contribution is 2.42. The molecule has 1 aliphatic carbocycles. The number of pyridine rings is 1. The van der Waals surface area contributed by atoms with Gasteiger partial charge in [0.1, 0.15) is 17.2 Å². The number of anilines is 1. The smallest absolute Gasteiger partial charge is 0.158 e. The number of aliphatic hydroxyl groups is 1. The number of aromatic hydroxyl groups is 1. The molecule has 7 heteroatoms. The summed E-state index contributed by atoms with van der Waals surface area (Å²) in [5, 5.41) is 34.9. The Balaban J connectivity index is 1.59. The second kappa shape index (κ2) is 6.91. The van der Waals surface area contributed by atoms with Gasteiger partial charge in [-0.2, -0.15) is 0 Å². The van der Waals surface area contributed by atoms with Crippen molar-refractivity contribution in [1.82, 2.24) is 15.2 Å². The summed E-state index contributed by atoms with van der Waals surface area (Å²) in [6, 6.07) is 5.53. The average molecular weight is 378 g/mol. The zero-order valence-corrected chi connectivity index (χ0v) is 15.4. The molecule has 2 atom stereocenters. The molecular weight excluding hydrogens is 356 g/mol. The van der Waals surface area contributed by atoms with Gasteiger partial charge in [0, 0.05) is 40.7 Å². The van der Waals surface area contributed by atoms with Gasteiger partial charge >= 0.3 is 0 Å². The summed E-state index contributed by atoms with van der Waals surface area (Å²) in [6.07, 6.45) is 7.58. The first kappa shape index (κ1) is 17.2. The first-order valence-electron chi connectivity index (χ1n) is 9.75. The number of rotatable bonds is 3. The Morgan fingerprint density at radius 1 is 1.07 bits per heavy atom. The fourth-order valence-corrected chi connectivity index (χ4v) is 4.21. The lowest BCUT2D eigenvalue weighted by atomic mass is 9.92. The normalized spacial score (nSPS) is 21.3. The molecule has 0 spiro atoms. The number of aliphatic hydroxyl groups excluding tert-OH is 1. The van der Waals surface area contributed by atoms with Gasteiger partial charge < -0.3 is 20.3 Å². The van der Waals surface area contributed by atoms with Gasteiger partial charge in [0.15, 0.2) is 5.82 Å². The van der Waals surface area contributed by atoms with E-state index in [-0.39, 0.29) is 17.9 Å². The summed E-state index contributed by atoms with van der Waals surface area (Å²) in [4.78, 5) is 4.25. The van der Waals surface area contributed by atoms with Crippen molar-refractivity contribution in [3.8, 4) is 22.8 Å². The lowest BCUT2D eigenvalue weighted by Crippen LogP contribution is -2.36. The van der Waals surface area contributed by atoms with Gasteiger partial charge in [0.05, 0.1) is 18.8 Å². The third-order valence-corrected chi connectivity index (χ3v) is 5.74. The lowest BCUT2D eigenvalue weighted by molar-refractivity contribution is 0.116. The van der Waals surface area contributed by atoms with Gasteiger partial charge in [-0.25, -0.2) is 0 Å². The third-order valence-electron chi connectivity index (χ3n) is 5.74. The number of ether oxygens (including phenoxy) is 1. The molecule has 0 unspecified atom stereocenters. The summed E-state index contributed by atoms with van der Waals surface area (Å²) in [6.45, 7) is 0.579. The molecule has 3 N–H and O–H groups in total. The van der Waals surface area contributed by atoms with Crippen molar-refractivity contribution in [3.63, 3.8) is 0 Å². The van der Waals surface area contributed by atoms with Crippen LogP contribution in [-0.4, -0.2) is 44.1 Å². The molecule has 0 saturated heterocycles. The number of aromatic nitrogens is 3. The maximum absolute atomic E-state index is 10.8. The predicted molar refractivity (Wildman–Crippen MR) is 106 cm³/mol. The Morgan fingerprint density at radius 3 is 2.86 bits per heavy atom. The van der Waals surface area contributed by atoms with Crippen molar-refractivity contribution in [3.05, 3.63) is 36.2 Å². The van der Waals surface area contributed by atoms with Crippen LogP contribution in [0.3, 0.4) is 0 Å². The second-order valence-electron chi connectivity index (χ2n) is 7.46. The van der Waals surface area contributed by atoms with E-state index >= 15 is 0 Å². The maximum atomic E-state index is 10.8. The number of phenolic OH excluding ortho intramolecular Hbond substituents is 1. The van der Waals surface area contributed by atoms with Gasteiger partial charge in [0.25, 0.3) is 0 Å². The Morgan fingerprint density at radius 2 is 1.96 bits per heavy atom. The Bertz CT molecular complexity index is 1040. The minimum absolute atomic E-state index is 0.0390. The van der Waals surface area contributed by atoms with E-state index in [1.54, 1.807) is 12.4 Å².